The highest BCUT2D eigenvalue weighted by Crippen LogP contribution is 2.15. The van der Waals surface area contributed by atoms with Gasteiger partial charge in [-0.25, -0.2) is 4.98 Å². The maximum absolute atomic E-state index is 12.6. The average molecular weight is 430 g/mol. The van der Waals surface area contributed by atoms with Gasteiger partial charge in [0.25, 0.3) is 5.56 Å². The molecule has 0 aliphatic carbocycles. The van der Waals surface area contributed by atoms with Gasteiger partial charge in [-0.15, -0.1) is 0 Å². The molecule has 27 heavy (non-hydrogen) atoms. The van der Waals surface area contributed by atoms with E-state index < -0.39 is 0 Å². The minimum atomic E-state index is -0.146. The third kappa shape index (κ3) is 4.54. The van der Waals surface area contributed by atoms with Crippen molar-refractivity contribution >= 4 is 32.7 Å². The molecule has 1 amide bonds. The van der Waals surface area contributed by atoms with Gasteiger partial charge in [-0.2, -0.15) is 0 Å². The Morgan fingerprint density at radius 3 is 2.67 bits per heavy atom. The predicted octanol–water partition coefficient (Wildman–Crippen LogP) is 3.22. The topological polar surface area (TPSA) is 64.4 Å². The summed E-state index contributed by atoms with van der Waals surface area (Å²) in [4.78, 5) is 31.0. The molecule has 0 saturated heterocycles. The van der Waals surface area contributed by atoms with Crippen molar-refractivity contribution in [1.29, 1.82) is 0 Å². The van der Waals surface area contributed by atoms with Gasteiger partial charge in [0, 0.05) is 31.0 Å². The van der Waals surface area contributed by atoms with E-state index >= 15 is 0 Å². The maximum Gasteiger partial charge on any atom is 0.261 e. The summed E-state index contributed by atoms with van der Waals surface area (Å²) in [6.07, 6.45) is 1.73. The number of carbonyl (C=O) groups excluding carboxylic acids is 1. The standard InChI is InChI=1S/C20H20BrN3O3/c1-23(12-14-3-6-16(27-2)7-4-14)19(25)9-10-24-13-22-18-8-5-15(21)11-17(18)20(24)26/h3-8,11,13H,9-10,12H2,1-2H3. The van der Waals surface area contributed by atoms with Gasteiger partial charge >= 0.3 is 0 Å². The molecule has 0 atom stereocenters. The molecule has 0 aliphatic rings. The molecule has 0 saturated carbocycles. The first-order valence-corrected chi connectivity index (χ1v) is 9.29. The minimum Gasteiger partial charge on any atom is -0.497 e. The van der Waals surface area contributed by atoms with Crippen molar-refractivity contribution in [3.05, 3.63) is 69.2 Å². The quantitative estimate of drug-likeness (QED) is 0.603. The Labute approximate surface area is 165 Å². The molecule has 6 nitrogen and oxygen atoms in total. The molecule has 7 heteroatoms. The fraction of sp³-hybridized carbons (Fsp3) is 0.250. The number of benzene rings is 2. The Morgan fingerprint density at radius 2 is 1.96 bits per heavy atom. The molecule has 0 bridgehead atoms. The lowest BCUT2D eigenvalue weighted by atomic mass is 10.2. The Morgan fingerprint density at radius 1 is 1.22 bits per heavy atom. The van der Waals surface area contributed by atoms with Crippen molar-refractivity contribution in [3.8, 4) is 5.75 Å². The van der Waals surface area contributed by atoms with Gasteiger partial charge in [0.15, 0.2) is 0 Å². The number of hydrogen-bond acceptors (Lipinski definition) is 4. The third-order valence-electron chi connectivity index (χ3n) is 4.36. The predicted molar refractivity (Wildman–Crippen MR) is 108 cm³/mol. The van der Waals surface area contributed by atoms with Crippen LogP contribution in [0, 0.1) is 0 Å². The summed E-state index contributed by atoms with van der Waals surface area (Å²) in [5.41, 5.74) is 1.51. The normalized spacial score (nSPS) is 10.8. The minimum absolute atomic E-state index is 0.0351. The van der Waals surface area contributed by atoms with Crippen LogP contribution in [0.5, 0.6) is 5.75 Å². The molecule has 3 rings (SSSR count). The number of aryl methyl sites for hydroxylation is 1. The second-order valence-corrected chi connectivity index (χ2v) is 7.17. The van der Waals surface area contributed by atoms with Gasteiger partial charge in [-0.3, -0.25) is 14.2 Å². The largest absolute Gasteiger partial charge is 0.497 e. The van der Waals surface area contributed by atoms with Crippen LogP contribution in [0.2, 0.25) is 0 Å². The molecular weight excluding hydrogens is 410 g/mol. The number of carbonyl (C=O) groups is 1. The fourth-order valence-electron chi connectivity index (χ4n) is 2.79. The maximum atomic E-state index is 12.6. The molecule has 0 radical (unpaired) electrons. The van der Waals surface area contributed by atoms with E-state index in [1.165, 1.54) is 10.9 Å². The summed E-state index contributed by atoms with van der Waals surface area (Å²) in [7, 11) is 3.37. The summed E-state index contributed by atoms with van der Waals surface area (Å²) >= 11 is 3.37. The number of fused-ring (bicyclic) bond motifs is 1. The van der Waals surface area contributed by atoms with E-state index in [4.69, 9.17) is 4.74 Å². The van der Waals surface area contributed by atoms with Crippen molar-refractivity contribution in [1.82, 2.24) is 14.5 Å². The highest BCUT2D eigenvalue weighted by atomic mass is 79.9. The summed E-state index contributed by atoms with van der Waals surface area (Å²) in [5, 5.41) is 0.533. The second kappa shape index (κ2) is 8.35. The molecule has 0 spiro atoms. The van der Waals surface area contributed by atoms with Crippen LogP contribution in [0.4, 0.5) is 0 Å². The van der Waals surface area contributed by atoms with Crippen LogP contribution >= 0.6 is 15.9 Å². The summed E-state index contributed by atoms with van der Waals surface area (Å²) < 4.78 is 7.44. The molecule has 1 aromatic heterocycles. The van der Waals surface area contributed by atoms with Crippen LogP contribution in [0.1, 0.15) is 12.0 Å². The molecule has 2 aromatic carbocycles. The number of nitrogens with zero attached hydrogens (tertiary/aromatic N) is 3. The van der Waals surface area contributed by atoms with Gasteiger partial charge < -0.3 is 9.64 Å². The highest BCUT2D eigenvalue weighted by molar-refractivity contribution is 9.10. The lowest BCUT2D eigenvalue weighted by molar-refractivity contribution is -0.130. The van der Waals surface area contributed by atoms with Crippen LogP contribution in [-0.2, 0) is 17.9 Å². The number of rotatable bonds is 6. The molecule has 140 valence electrons. The molecule has 0 aliphatic heterocycles. The number of methoxy groups -OCH3 is 1. The van der Waals surface area contributed by atoms with Gasteiger partial charge in [-0.1, -0.05) is 28.1 Å². The average Bonchev–Trinajstić information content (AvgIpc) is 2.68. The lowest BCUT2D eigenvalue weighted by Crippen LogP contribution is -2.29. The van der Waals surface area contributed by atoms with Crippen molar-refractivity contribution in [2.24, 2.45) is 0 Å². The zero-order valence-corrected chi connectivity index (χ0v) is 16.8. The zero-order valence-electron chi connectivity index (χ0n) is 15.2. The Balaban J connectivity index is 1.65. The molecule has 1 heterocycles. The molecule has 0 unspecified atom stereocenters. The Kier molecular flexibility index (Phi) is 5.91. The number of amides is 1. The van der Waals surface area contributed by atoms with Crippen LogP contribution < -0.4 is 10.3 Å². The molecule has 0 fully saturated rings. The van der Waals surface area contributed by atoms with E-state index in [1.807, 2.05) is 30.3 Å². The van der Waals surface area contributed by atoms with E-state index in [2.05, 4.69) is 20.9 Å². The van der Waals surface area contributed by atoms with E-state index in [1.54, 1.807) is 31.2 Å². The summed E-state index contributed by atoms with van der Waals surface area (Å²) in [6, 6.07) is 13.0. The van der Waals surface area contributed by atoms with E-state index in [-0.39, 0.29) is 17.9 Å². The summed E-state index contributed by atoms with van der Waals surface area (Å²) in [6.45, 7) is 0.792. The first kappa shape index (κ1) is 19.1. The number of ether oxygens (including phenoxy) is 1. The number of halogens is 1. The van der Waals surface area contributed by atoms with E-state index in [9.17, 15) is 9.59 Å². The van der Waals surface area contributed by atoms with Gasteiger partial charge in [-0.05, 0) is 35.9 Å². The summed E-state index contributed by atoms with van der Waals surface area (Å²) in [5.74, 6) is 0.745. The van der Waals surface area contributed by atoms with Crippen molar-refractivity contribution in [2.75, 3.05) is 14.2 Å². The van der Waals surface area contributed by atoms with Crippen LogP contribution in [0.25, 0.3) is 10.9 Å². The van der Waals surface area contributed by atoms with Crippen LogP contribution in [-0.4, -0.2) is 34.5 Å². The van der Waals surface area contributed by atoms with Gasteiger partial charge in [0.1, 0.15) is 5.75 Å². The van der Waals surface area contributed by atoms with Crippen molar-refractivity contribution in [3.63, 3.8) is 0 Å². The smallest absolute Gasteiger partial charge is 0.261 e. The monoisotopic (exact) mass is 429 g/mol. The second-order valence-electron chi connectivity index (χ2n) is 6.25. The number of hydrogen-bond donors (Lipinski definition) is 0. The van der Waals surface area contributed by atoms with Crippen molar-refractivity contribution in [2.45, 2.75) is 19.5 Å². The fourth-order valence-corrected chi connectivity index (χ4v) is 3.15. The number of aromatic nitrogens is 2. The highest BCUT2D eigenvalue weighted by Gasteiger charge is 2.11. The molecule has 3 aromatic rings. The van der Waals surface area contributed by atoms with Crippen LogP contribution in [0.3, 0.4) is 0 Å². The van der Waals surface area contributed by atoms with E-state index in [0.29, 0.717) is 24.0 Å². The third-order valence-corrected chi connectivity index (χ3v) is 4.85. The molecular formula is C20H20BrN3O3. The first-order valence-electron chi connectivity index (χ1n) is 8.49. The van der Waals surface area contributed by atoms with Crippen LogP contribution in [0.15, 0.2) is 58.1 Å². The van der Waals surface area contributed by atoms with E-state index in [0.717, 1.165) is 15.8 Å². The van der Waals surface area contributed by atoms with Crippen molar-refractivity contribution < 1.29 is 9.53 Å². The Bertz CT molecular complexity index is 1020. The van der Waals surface area contributed by atoms with Gasteiger partial charge in [0.2, 0.25) is 5.91 Å². The SMILES string of the molecule is COc1ccc(CN(C)C(=O)CCn2cnc3ccc(Br)cc3c2=O)cc1. The molecule has 0 N–H and O–H groups in total. The lowest BCUT2D eigenvalue weighted by Gasteiger charge is -2.18. The zero-order chi connectivity index (χ0) is 19.4. The van der Waals surface area contributed by atoms with Gasteiger partial charge in [0.05, 0.1) is 24.3 Å². The first-order chi connectivity index (χ1) is 13.0. The Hall–Kier alpha value is -2.67.